The van der Waals surface area contributed by atoms with E-state index in [0.29, 0.717) is 23.5 Å². The van der Waals surface area contributed by atoms with E-state index in [0.717, 1.165) is 43.5 Å². The van der Waals surface area contributed by atoms with Crippen molar-refractivity contribution in [1.82, 2.24) is 0 Å². The van der Waals surface area contributed by atoms with Crippen molar-refractivity contribution < 1.29 is 14.6 Å². The van der Waals surface area contributed by atoms with Crippen molar-refractivity contribution in [2.45, 2.75) is 32.1 Å². The van der Waals surface area contributed by atoms with E-state index in [1.54, 1.807) is 17.0 Å². The van der Waals surface area contributed by atoms with Crippen molar-refractivity contribution >= 4 is 29.1 Å². The first-order valence-electron chi connectivity index (χ1n) is 9.55. The van der Waals surface area contributed by atoms with E-state index in [1.165, 1.54) is 0 Å². The molecule has 144 valence electrons. The molecule has 1 aliphatic rings. The molecule has 4 nitrogen and oxygen atoms in total. The quantitative estimate of drug-likeness (QED) is 0.681. The number of rotatable bonds is 6. The average molecular weight is 388 g/mol. The number of aliphatic hydroxyl groups is 1. The minimum absolute atomic E-state index is 0.261. The second kappa shape index (κ2) is 9.77. The highest BCUT2D eigenvalue weighted by atomic mass is 35.5. The zero-order chi connectivity index (χ0) is 19.1. The molecule has 27 heavy (non-hydrogen) atoms. The van der Waals surface area contributed by atoms with Crippen molar-refractivity contribution in [3.63, 3.8) is 0 Å². The molecular weight excluding hydrogens is 362 g/mol. The highest BCUT2D eigenvalue weighted by Crippen LogP contribution is 2.32. The van der Waals surface area contributed by atoms with Gasteiger partial charge in [0.25, 0.3) is 0 Å². The SMILES string of the molecule is O=C(OCC1CCC(CCO)CC1)N(c1ccccc1)c1ccc(Cl)cc1. The molecule has 5 heteroatoms. The van der Waals surface area contributed by atoms with Gasteiger partial charge in [-0.15, -0.1) is 0 Å². The van der Waals surface area contributed by atoms with Crippen molar-refractivity contribution in [2.24, 2.45) is 11.8 Å². The lowest BCUT2D eigenvalue weighted by atomic mass is 9.81. The number of carbonyl (C=O) groups excluding carboxylic acids is 1. The van der Waals surface area contributed by atoms with Gasteiger partial charge in [0, 0.05) is 11.6 Å². The van der Waals surface area contributed by atoms with E-state index in [9.17, 15) is 4.79 Å². The van der Waals surface area contributed by atoms with Gasteiger partial charge in [0.2, 0.25) is 0 Å². The molecule has 0 spiro atoms. The Balaban J connectivity index is 1.64. The molecule has 0 heterocycles. The van der Waals surface area contributed by atoms with Gasteiger partial charge in [-0.05, 0) is 80.3 Å². The number of carbonyl (C=O) groups is 1. The second-order valence-electron chi connectivity index (χ2n) is 7.12. The largest absolute Gasteiger partial charge is 0.449 e. The summed E-state index contributed by atoms with van der Waals surface area (Å²) in [5.41, 5.74) is 1.48. The summed E-state index contributed by atoms with van der Waals surface area (Å²) in [6.07, 6.45) is 4.80. The van der Waals surface area contributed by atoms with Crippen LogP contribution in [0, 0.1) is 11.8 Å². The zero-order valence-electron chi connectivity index (χ0n) is 15.4. The second-order valence-corrected chi connectivity index (χ2v) is 7.56. The van der Waals surface area contributed by atoms with Crippen molar-refractivity contribution in [1.29, 1.82) is 0 Å². The summed E-state index contributed by atoms with van der Waals surface area (Å²) in [6.45, 7) is 0.694. The van der Waals surface area contributed by atoms with Gasteiger partial charge >= 0.3 is 6.09 Å². The maximum absolute atomic E-state index is 12.9. The van der Waals surface area contributed by atoms with Gasteiger partial charge in [0.05, 0.1) is 18.0 Å². The van der Waals surface area contributed by atoms with Gasteiger partial charge in [-0.2, -0.15) is 0 Å². The van der Waals surface area contributed by atoms with Gasteiger partial charge in [-0.25, -0.2) is 9.69 Å². The lowest BCUT2D eigenvalue weighted by molar-refractivity contribution is 0.112. The fraction of sp³-hybridized carbons (Fsp3) is 0.409. The van der Waals surface area contributed by atoms with Crippen molar-refractivity contribution in [3.05, 3.63) is 59.6 Å². The average Bonchev–Trinajstić information content (AvgIpc) is 2.70. The van der Waals surface area contributed by atoms with Crippen LogP contribution in [0.4, 0.5) is 16.2 Å². The summed E-state index contributed by atoms with van der Waals surface area (Å²) in [5.74, 6) is 1.00. The van der Waals surface area contributed by atoms with Gasteiger partial charge in [0.15, 0.2) is 0 Å². The Hall–Kier alpha value is -2.04. The predicted octanol–water partition coefficient (Wildman–Crippen LogP) is 5.80. The monoisotopic (exact) mass is 387 g/mol. The molecule has 2 aromatic carbocycles. The number of anilines is 2. The Kier molecular flexibility index (Phi) is 7.13. The molecular formula is C22H26ClNO3. The first-order valence-corrected chi connectivity index (χ1v) is 9.93. The first kappa shape index (κ1) is 19.7. The number of nitrogens with zero attached hydrogens (tertiary/aromatic N) is 1. The molecule has 0 atom stereocenters. The molecule has 0 unspecified atom stereocenters. The van der Waals surface area contributed by atoms with Crippen LogP contribution in [-0.4, -0.2) is 24.4 Å². The van der Waals surface area contributed by atoms with E-state index < -0.39 is 0 Å². The topological polar surface area (TPSA) is 49.8 Å². The Morgan fingerprint density at radius 1 is 0.963 bits per heavy atom. The third-order valence-corrected chi connectivity index (χ3v) is 5.48. The number of benzene rings is 2. The van der Waals surface area contributed by atoms with Gasteiger partial charge < -0.3 is 9.84 Å². The molecule has 0 radical (unpaired) electrons. The highest BCUT2D eigenvalue weighted by molar-refractivity contribution is 6.30. The minimum atomic E-state index is -0.374. The van der Waals surface area contributed by atoms with E-state index in [4.69, 9.17) is 21.4 Å². The van der Waals surface area contributed by atoms with Gasteiger partial charge in [0.1, 0.15) is 0 Å². The van der Waals surface area contributed by atoms with Crippen LogP contribution >= 0.6 is 11.6 Å². The normalized spacial score (nSPS) is 19.5. The molecule has 1 saturated carbocycles. The third-order valence-electron chi connectivity index (χ3n) is 5.23. The highest BCUT2D eigenvalue weighted by Gasteiger charge is 2.24. The summed E-state index contributed by atoms with van der Waals surface area (Å²) in [5, 5.41) is 9.70. The lowest BCUT2D eigenvalue weighted by Crippen LogP contribution is -2.29. The number of aliphatic hydroxyl groups excluding tert-OH is 1. The van der Waals surface area contributed by atoms with E-state index in [2.05, 4.69) is 0 Å². The van der Waals surface area contributed by atoms with Gasteiger partial charge in [-0.1, -0.05) is 29.8 Å². The zero-order valence-corrected chi connectivity index (χ0v) is 16.1. The molecule has 0 aliphatic heterocycles. The Bertz CT molecular complexity index is 712. The molecule has 1 N–H and O–H groups in total. The summed E-state index contributed by atoms with van der Waals surface area (Å²) in [7, 11) is 0. The third kappa shape index (κ3) is 5.47. The molecule has 1 fully saturated rings. The molecule has 1 amide bonds. The number of hydrogen-bond acceptors (Lipinski definition) is 3. The van der Waals surface area contributed by atoms with Crippen molar-refractivity contribution in [2.75, 3.05) is 18.1 Å². The smallest absolute Gasteiger partial charge is 0.418 e. The van der Waals surface area contributed by atoms with Crippen LogP contribution in [0.25, 0.3) is 0 Å². The van der Waals surface area contributed by atoms with Crippen LogP contribution in [0.5, 0.6) is 0 Å². The molecule has 0 bridgehead atoms. The Labute approximate surface area is 165 Å². The van der Waals surface area contributed by atoms with Crippen LogP contribution in [0.1, 0.15) is 32.1 Å². The number of para-hydroxylation sites is 1. The van der Waals surface area contributed by atoms with Crippen LogP contribution in [0.3, 0.4) is 0 Å². The van der Waals surface area contributed by atoms with Crippen LogP contribution in [0.2, 0.25) is 5.02 Å². The fourth-order valence-corrected chi connectivity index (χ4v) is 3.78. The number of amides is 1. The van der Waals surface area contributed by atoms with Crippen LogP contribution in [-0.2, 0) is 4.74 Å². The molecule has 2 aromatic rings. The van der Waals surface area contributed by atoms with E-state index in [1.807, 2.05) is 42.5 Å². The summed E-state index contributed by atoms with van der Waals surface area (Å²) in [4.78, 5) is 14.5. The maximum Gasteiger partial charge on any atom is 0.418 e. The summed E-state index contributed by atoms with van der Waals surface area (Å²) in [6, 6.07) is 16.6. The van der Waals surface area contributed by atoms with Crippen LogP contribution in [0.15, 0.2) is 54.6 Å². The molecule has 3 rings (SSSR count). The summed E-state index contributed by atoms with van der Waals surface area (Å²) >= 11 is 5.99. The van der Waals surface area contributed by atoms with Crippen LogP contribution < -0.4 is 4.90 Å². The Morgan fingerprint density at radius 3 is 2.19 bits per heavy atom. The predicted molar refractivity (Wildman–Crippen MR) is 109 cm³/mol. The number of hydrogen-bond donors (Lipinski definition) is 1. The molecule has 0 aromatic heterocycles. The fourth-order valence-electron chi connectivity index (χ4n) is 3.65. The lowest BCUT2D eigenvalue weighted by Gasteiger charge is -2.29. The van der Waals surface area contributed by atoms with E-state index in [-0.39, 0.29) is 12.7 Å². The van der Waals surface area contributed by atoms with Gasteiger partial charge in [-0.3, -0.25) is 0 Å². The molecule has 0 saturated heterocycles. The maximum atomic E-state index is 12.9. The Morgan fingerprint density at radius 2 is 1.56 bits per heavy atom. The molecule has 1 aliphatic carbocycles. The number of halogens is 1. The van der Waals surface area contributed by atoms with Crippen molar-refractivity contribution in [3.8, 4) is 0 Å². The minimum Gasteiger partial charge on any atom is -0.449 e. The first-order chi connectivity index (χ1) is 13.2. The standard InChI is InChI=1S/C22H26ClNO3/c23-19-10-12-21(13-11-19)24(20-4-2-1-3-5-20)22(26)27-16-18-8-6-17(7-9-18)14-15-25/h1-5,10-13,17-18,25H,6-9,14-16H2. The summed E-state index contributed by atoms with van der Waals surface area (Å²) < 4.78 is 5.68. The number of ether oxygens (including phenoxy) is 1. The van der Waals surface area contributed by atoms with E-state index >= 15 is 0 Å².